The van der Waals surface area contributed by atoms with E-state index in [0.29, 0.717) is 0 Å². The van der Waals surface area contributed by atoms with Crippen LogP contribution in [-0.2, 0) is 90.0 Å². The van der Waals surface area contributed by atoms with Crippen molar-refractivity contribution in [1.82, 2.24) is 0 Å². The molecular weight excluding hydrogens is 533 g/mol. The Bertz CT molecular complexity index is 322. The van der Waals surface area contributed by atoms with Gasteiger partial charge in [0.15, 0.2) is 0 Å². The Morgan fingerprint density at radius 1 is 0.875 bits per heavy atom. The van der Waals surface area contributed by atoms with Crippen LogP contribution in [0.25, 0.3) is 0 Å². The molecule has 0 heterocycles. The average molecular weight is 533 g/mol. The summed E-state index contributed by atoms with van der Waals surface area (Å²) in [6.07, 6.45) is 0. The molecule has 16 heteroatoms. The van der Waals surface area contributed by atoms with Crippen LogP contribution in [0.3, 0.4) is 0 Å². The molecule has 0 atom stereocenters. The zero-order chi connectivity index (χ0) is 11.3. The standard InChI is InChI=1S/2Ag.2Cr.K.NO3.7O/c;;;;;2-1(3)4;;;;;;;/q2*+1;;;+1;-1;;;;;;2*-1. The summed E-state index contributed by atoms with van der Waals surface area (Å²) in [5, 5.41) is 14.8. The monoisotopic (exact) mass is 531 g/mol. The van der Waals surface area contributed by atoms with Gasteiger partial charge in [0.1, 0.15) is 0 Å². The quantitative estimate of drug-likeness (QED) is 0.188. The maximum atomic E-state index is 9.38. The fourth-order valence-electron chi connectivity index (χ4n) is 0.102. The summed E-state index contributed by atoms with van der Waals surface area (Å²) in [5.41, 5.74) is 0. The third kappa shape index (κ3) is 55.0. The van der Waals surface area contributed by atoms with Gasteiger partial charge >= 0.3 is 150 Å². The molecule has 11 nitrogen and oxygen atoms in total. The van der Waals surface area contributed by atoms with Gasteiger partial charge in [-0.1, -0.05) is 0 Å². The van der Waals surface area contributed by atoms with Crippen LogP contribution in [-0.4, -0.2) is 5.09 Å². The van der Waals surface area contributed by atoms with Crippen LogP contribution in [0.2, 0.25) is 0 Å². The second-order valence-electron chi connectivity index (χ2n) is 1.11. The van der Waals surface area contributed by atoms with Crippen molar-refractivity contribution in [2.24, 2.45) is 0 Å². The van der Waals surface area contributed by atoms with E-state index in [4.69, 9.17) is 15.3 Å². The molecule has 0 aromatic rings. The first-order chi connectivity index (χ1) is 5.44. The Kier molecular flexibility index (Phi) is 27.0. The van der Waals surface area contributed by atoms with Gasteiger partial charge in [-0.3, -0.25) is 0 Å². The molecule has 0 N–H and O–H groups in total. The molecule has 0 radical (unpaired) electrons. The van der Waals surface area contributed by atoms with Crippen molar-refractivity contribution in [3.05, 3.63) is 15.3 Å². The second-order valence-corrected chi connectivity index (χ2v) is 4.75. The van der Waals surface area contributed by atoms with Crippen molar-refractivity contribution in [2.45, 2.75) is 0 Å². The molecule has 0 aliphatic rings. The molecular formula is Ag2Cr2KNO10. The van der Waals surface area contributed by atoms with Gasteiger partial charge in [0.2, 0.25) is 0 Å². The van der Waals surface area contributed by atoms with Crippen molar-refractivity contribution in [3.63, 3.8) is 0 Å². The van der Waals surface area contributed by atoms with Crippen LogP contribution >= 0.6 is 0 Å². The van der Waals surface area contributed by atoms with Gasteiger partial charge in [0, 0.05) is 0 Å². The van der Waals surface area contributed by atoms with E-state index in [2.05, 4.69) is 2.84 Å². The van der Waals surface area contributed by atoms with E-state index in [1.165, 1.54) is 0 Å². The van der Waals surface area contributed by atoms with E-state index in [9.17, 15) is 23.5 Å². The normalized spacial score (nSPS) is 9.12. The number of nitrogens with zero attached hydrogens (tertiary/aromatic N) is 1. The number of hydrogen-bond acceptors (Lipinski definition) is 10. The van der Waals surface area contributed by atoms with Crippen molar-refractivity contribution < 1.29 is 155 Å². The van der Waals surface area contributed by atoms with Gasteiger partial charge in [-0.15, -0.1) is 0 Å². The molecule has 0 aliphatic heterocycles. The van der Waals surface area contributed by atoms with Gasteiger partial charge in [0.05, 0.1) is 5.09 Å². The maximum absolute atomic E-state index is 9.38. The van der Waals surface area contributed by atoms with Crippen LogP contribution in [0, 0.1) is 15.3 Å². The summed E-state index contributed by atoms with van der Waals surface area (Å²) in [5.74, 6) is 0. The molecule has 0 rings (SSSR count). The molecule has 0 saturated heterocycles. The Morgan fingerprint density at radius 2 is 1.00 bits per heavy atom. The SMILES string of the molecule is O=[N+]([O-])[O-].[Ag+].[Ag+].[K+].[O]=[Cr](=[O])([O-])[O][Cr](=[O])(=[O])[O-]. The Balaban J connectivity index is -0.0000000511. The molecule has 0 spiro atoms. The molecule has 0 bridgehead atoms. The third-order valence-electron chi connectivity index (χ3n) is 0.167. The van der Waals surface area contributed by atoms with E-state index >= 15 is 0 Å². The molecule has 0 aliphatic carbocycles. The summed E-state index contributed by atoms with van der Waals surface area (Å²) in [6, 6.07) is 0. The Morgan fingerprint density at radius 3 is 1.00 bits per heavy atom. The van der Waals surface area contributed by atoms with Gasteiger partial charge < -0.3 is 15.3 Å². The molecule has 0 aromatic carbocycles. The van der Waals surface area contributed by atoms with E-state index < -0.39 is 32.3 Å². The predicted molar refractivity (Wildman–Crippen MR) is 14.2 cm³/mol. The molecule has 0 amide bonds. The zero-order valence-corrected chi connectivity index (χ0v) is 15.6. The number of rotatable bonds is 2. The van der Waals surface area contributed by atoms with Crippen molar-refractivity contribution in [3.8, 4) is 0 Å². The summed E-state index contributed by atoms with van der Waals surface area (Å²) in [4.78, 5) is 8.25. The topological polar surface area (TPSA) is 190 Å². The minimum absolute atomic E-state index is 0. The van der Waals surface area contributed by atoms with Gasteiger partial charge in [0.25, 0.3) is 0 Å². The fraction of sp³-hybridized carbons (Fsp3) is 0. The second kappa shape index (κ2) is 13.9. The minimum atomic E-state index is -6.07. The van der Waals surface area contributed by atoms with E-state index in [-0.39, 0.29) is 96.1 Å². The van der Waals surface area contributed by atoms with Crippen LogP contribution in [0.4, 0.5) is 0 Å². The summed E-state index contributed by atoms with van der Waals surface area (Å²) in [7, 11) is 0. The fourth-order valence-corrected chi connectivity index (χ4v) is 1.74. The summed E-state index contributed by atoms with van der Waals surface area (Å²) < 4.78 is 58.9. The molecule has 0 fully saturated rings. The Labute approximate surface area is 167 Å². The molecule has 0 aromatic heterocycles. The van der Waals surface area contributed by atoms with Crippen molar-refractivity contribution in [2.75, 3.05) is 0 Å². The van der Waals surface area contributed by atoms with E-state index in [0.717, 1.165) is 0 Å². The summed E-state index contributed by atoms with van der Waals surface area (Å²) in [6.45, 7) is 0. The van der Waals surface area contributed by atoms with Gasteiger partial charge in [-0.2, -0.15) is 0 Å². The predicted octanol–water partition coefficient (Wildman–Crippen LogP) is -6.17. The first-order valence-electron chi connectivity index (χ1n) is 1.88. The van der Waals surface area contributed by atoms with Crippen LogP contribution in [0.1, 0.15) is 0 Å². The van der Waals surface area contributed by atoms with E-state index in [1.54, 1.807) is 0 Å². The van der Waals surface area contributed by atoms with Crippen LogP contribution in [0.15, 0.2) is 0 Å². The molecule has 0 unspecified atom stereocenters. The van der Waals surface area contributed by atoms with Crippen LogP contribution in [0.5, 0.6) is 0 Å². The summed E-state index contributed by atoms with van der Waals surface area (Å²) >= 11 is -12.1. The molecule has 0 saturated carbocycles. The Hall–Kier alpha value is 2.46. The average Bonchev–Trinajstić information content (AvgIpc) is 1.47. The van der Waals surface area contributed by atoms with Crippen molar-refractivity contribution >= 4 is 0 Å². The van der Waals surface area contributed by atoms with Crippen molar-refractivity contribution in [1.29, 1.82) is 0 Å². The number of hydrogen-bond donors (Lipinski definition) is 0. The van der Waals surface area contributed by atoms with Gasteiger partial charge in [-0.05, 0) is 0 Å². The van der Waals surface area contributed by atoms with Gasteiger partial charge in [-0.25, -0.2) is 0 Å². The van der Waals surface area contributed by atoms with Crippen LogP contribution < -0.4 is 59.7 Å². The zero-order valence-electron chi connectivity index (χ0n) is 6.95. The first kappa shape index (κ1) is 31.1. The molecule has 100 valence electrons. The molecule has 16 heavy (non-hydrogen) atoms. The first-order valence-corrected chi connectivity index (χ1v) is 6.05. The van der Waals surface area contributed by atoms with E-state index in [1.807, 2.05) is 0 Å². The third-order valence-corrected chi connectivity index (χ3v) is 2.83.